The van der Waals surface area contributed by atoms with Crippen molar-refractivity contribution in [1.82, 2.24) is 19.9 Å². The zero-order chi connectivity index (χ0) is 27.6. The minimum Gasteiger partial charge on any atom is -0.451 e. The molecular weight excluding hydrogens is 594 g/mol. The van der Waals surface area contributed by atoms with Crippen LogP contribution in [-0.2, 0) is 13.1 Å². The number of amides is 1. The Kier molecular flexibility index (Phi) is 7.06. The maximum atomic E-state index is 12.7. The number of fused-ring (bicyclic) bond motifs is 2. The lowest BCUT2D eigenvalue weighted by atomic mass is 10.1. The van der Waals surface area contributed by atoms with Crippen LogP contribution in [0.4, 0.5) is 5.82 Å². The molecule has 0 bridgehead atoms. The lowest BCUT2D eigenvalue weighted by molar-refractivity contribution is 0.0923. The van der Waals surface area contributed by atoms with Crippen molar-refractivity contribution in [2.24, 2.45) is 0 Å². The molecule has 0 fully saturated rings. The van der Waals surface area contributed by atoms with Crippen LogP contribution in [-0.4, -0.2) is 20.5 Å². The first kappa shape index (κ1) is 25.8. The molecule has 0 radical (unpaired) electrons. The summed E-state index contributed by atoms with van der Waals surface area (Å²) < 4.78 is 8.14. The van der Waals surface area contributed by atoms with Gasteiger partial charge in [-0.05, 0) is 45.3 Å². The summed E-state index contributed by atoms with van der Waals surface area (Å²) in [4.78, 5) is 29.8. The molecule has 3 heterocycles. The Morgan fingerprint density at radius 3 is 2.58 bits per heavy atom. The lowest BCUT2D eigenvalue weighted by Crippen LogP contribution is -2.24. The van der Waals surface area contributed by atoms with E-state index in [0.29, 0.717) is 28.2 Å². The van der Waals surface area contributed by atoms with Crippen LogP contribution in [0.2, 0.25) is 5.02 Å². The number of nitrogens with one attached hydrogen (secondary N) is 2. The van der Waals surface area contributed by atoms with E-state index in [9.17, 15) is 9.59 Å². The standard InChI is InChI=1S/C30H21BrClN5O3/c31-22-17-35-37-28(13-24(36-29(22)37)20-8-1-3-10-23(20)32)33-15-18-6-5-7-19(12-18)16-34-30(39)27-14-25(38)21-9-2-4-11-26(21)40-27/h1-14,17,33H,15-16H2,(H,34,39). The maximum Gasteiger partial charge on any atom is 0.287 e. The molecule has 0 aliphatic carbocycles. The second-order valence-electron chi connectivity index (χ2n) is 9.06. The van der Waals surface area contributed by atoms with Crippen molar-refractivity contribution in [2.45, 2.75) is 13.1 Å². The van der Waals surface area contributed by atoms with E-state index >= 15 is 0 Å². The van der Waals surface area contributed by atoms with Gasteiger partial charge in [-0.25, -0.2) is 4.98 Å². The molecule has 10 heteroatoms. The minimum absolute atomic E-state index is 0.0251. The molecule has 6 aromatic rings. The third-order valence-electron chi connectivity index (χ3n) is 6.36. The van der Waals surface area contributed by atoms with E-state index in [0.717, 1.165) is 32.7 Å². The van der Waals surface area contributed by atoms with Crippen LogP contribution < -0.4 is 16.1 Å². The molecule has 0 atom stereocenters. The van der Waals surface area contributed by atoms with Gasteiger partial charge in [0.25, 0.3) is 5.91 Å². The number of nitrogens with zero attached hydrogens (tertiary/aromatic N) is 3. The molecule has 3 aromatic carbocycles. The molecule has 0 saturated carbocycles. The van der Waals surface area contributed by atoms with Crippen molar-refractivity contribution in [1.29, 1.82) is 0 Å². The Labute approximate surface area is 241 Å². The summed E-state index contributed by atoms with van der Waals surface area (Å²) >= 11 is 9.97. The molecule has 0 saturated heterocycles. The van der Waals surface area contributed by atoms with Crippen molar-refractivity contribution in [2.75, 3.05) is 5.32 Å². The van der Waals surface area contributed by atoms with Gasteiger partial charge in [-0.3, -0.25) is 9.59 Å². The largest absolute Gasteiger partial charge is 0.451 e. The SMILES string of the molecule is O=C(NCc1cccc(CNc2cc(-c3ccccc3Cl)nc3c(Br)cnn23)c1)c1cc(=O)c2ccccc2o1. The number of carbonyl (C=O) groups excluding carboxylic acids is 1. The highest BCUT2D eigenvalue weighted by molar-refractivity contribution is 9.10. The number of aromatic nitrogens is 3. The van der Waals surface area contributed by atoms with Crippen LogP contribution in [0.15, 0.2) is 105 Å². The minimum atomic E-state index is -0.457. The zero-order valence-electron chi connectivity index (χ0n) is 20.9. The van der Waals surface area contributed by atoms with Crippen LogP contribution in [0.5, 0.6) is 0 Å². The number of anilines is 1. The summed E-state index contributed by atoms with van der Waals surface area (Å²) in [6, 6.07) is 25.4. The quantitative estimate of drug-likeness (QED) is 0.214. The average Bonchev–Trinajstić information content (AvgIpc) is 3.35. The fourth-order valence-corrected chi connectivity index (χ4v) is 4.98. The van der Waals surface area contributed by atoms with E-state index in [1.54, 1.807) is 35.0 Å². The van der Waals surface area contributed by atoms with E-state index in [1.807, 2.05) is 54.6 Å². The van der Waals surface area contributed by atoms with Crippen molar-refractivity contribution in [3.8, 4) is 11.3 Å². The first-order chi connectivity index (χ1) is 19.5. The van der Waals surface area contributed by atoms with Gasteiger partial charge in [0, 0.05) is 35.8 Å². The number of hydrogen-bond acceptors (Lipinski definition) is 6. The molecule has 40 heavy (non-hydrogen) atoms. The number of carbonyl (C=O) groups is 1. The Morgan fingerprint density at radius 1 is 0.950 bits per heavy atom. The summed E-state index contributed by atoms with van der Waals surface area (Å²) in [5, 5.41) is 11.8. The average molecular weight is 615 g/mol. The normalized spacial score (nSPS) is 11.2. The monoisotopic (exact) mass is 613 g/mol. The number of para-hydroxylation sites is 1. The van der Waals surface area contributed by atoms with Gasteiger partial charge >= 0.3 is 0 Å². The molecule has 1 amide bonds. The molecule has 0 aliphatic heterocycles. The van der Waals surface area contributed by atoms with E-state index < -0.39 is 5.91 Å². The van der Waals surface area contributed by atoms with Crippen molar-refractivity contribution >= 4 is 55.9 Å². The maximum absolute atomic E-state index is 12.7. The smallest absolute Gasteiger partial charge is 0.287 e. The highest BCUT2D eigenvalue weighted by Crippen LogP contribution is 2.30. The third-order valence-corrected chi connectivity index (χ3v) is 7.24. The van der Waals surface area contributed by atoms with Crippen LogP contribution in [0.25, 0.3) is 27.9 Å². The van der Waals surface area contributed by atoms with Crippen LogP contribution in [0.3, 0.4) is 0 Å². The van der Waals surface area contributed by atoms with Gasteiger partial charge < -0.3 is 15.1 Å². The number of halogens is 2. The van der Waals surface area contributed by atoms with Crippen LogP contribution in [0.1, 0.15) is 21.7 Å². The van der Waals surface area contributed by atoms with Gasteiger partial charge in [-0.1, -0.05) is 66.2 Å². The van der Waals surface area contributed by atoms with Gasteiger partial charge in [-0.15, -0.1) is 0 Å². The van der Waals surface area contributed by atoms with E-state index in [4.69, 9.17) is 21.0 Å². The van der Waals surface area contributed by atoms with Crippen LogP contribution in [0, 0.1) is 0 Å². The molecular formula is C30H21BrClN5O3. The van der Waals surface area contributed by atoms with E-state index in [-0.39, 0.29) is 17.7 Å². The van der Waals surface area contributed by atoms with Crippen molar-refractivity contribution in [3.05, 3.63) is 128 Å². The van der Waals surface area contributed by atoms with Gasteiger partial charge in [0.15, 0.2) is 16.8 Å². The summed E-state index contributed by atoms with van der Waals surface area (Å²) in [6.45, 7) is 0.769. The van der Waals surface area contributed by atoms with Gasteiger partial charge in [0.2, 0.25) is 0 Å². The Balaban J connectivity index is 1.18. The number of rotatable bonds is 7. The number of benzene rings is 3. The molecule has 198 valence electrons. The zero-order valence-corrected chi connectivity index (χ0v) is 23.2. The summed E-state index contributed by atoms with van der Waals surface area (Å²) in [7, 11) is 0. The second-order valence-corrected chi connectivity index (χ2v) is 10.3. The molecule has 0 aliphatic rings. The fourth-order valence-electron chi connectivity index (χ4n) is 4.40. The van der Waals surface area contributed by atoms with Crippen molar-refractivity contribution in [3.63, 3.8) is 0 Å². The number of hydrogen-bond donors (Lipinski definition) is 2. The topological polar surface area (TPSA) is 102 Å². The Hall–Kier alpha value is -4.47. The van der Waals surface area contributed by atoms with E-state index in [1.165, 1.54) is 6.07 Å². The Morgan fingerprint density at radius 2 is 1.73 bits per heavy atom. The fraction of sp³-hybridized carbons (Fsp3) is 0.0667. The third kappa shape index (κ3) is 5.21. The second kappa shape index (κ2) is 11.0. The van der Waals surface area contributed by atoms with Gasteiger partial charge in [0.1, 0.15) is 11.4 Å². The molecule has 6 rings (SSSR count). The lowest BCUT2D eigenvalue weighted by Gasteiger charge is -2.12. The molecule has 8 nitrogen and oxygen atoms in total. The summed E-state index contributed by atoms with van der Waals surface area (Å²) in [5.41, 5.74) is 4.22. The predicted molar refractivity (Wildman–Crippen MR) is 159 cm³/mol. The molecule has 2 N–H and O–H groups in total. The highest BCUT2D eigenvalue weighted by atomic mass is 79.9. The first-order valence-electron chi connectivity index (χ1n) is 12.4. The van der Waals surface area contributed by atoms with Gasteiger partial charge in [0.05, 0.1) is 21.7 Å². The van der Waals surface area contributed by atoms with Crippen molar-refractivity contribution < 1.29 is 9.21 Å². The summed E-state index contributed by atoms with van der Waals surface area (Å²) in [5.74, 6) is 0.264. The molecule has 0 spiro atoms. The van der Waals surface area contributed by atoms with Gasteiger partial charge in [-0.2, -0.15) is 9.61 Å². The highest BCUT2D eigenvalue weighted by Gasteiger charge is 2.14. The first-order valence-corrected chi connectivity index (χ1v) is 13.6. The Bertz CT molecular complexity index is 1950. The van der Waals surface area contributed by atoms with E-state index in [2.05, 4.69) is 31.7 Å². The van der Waals surface area contributed by atoms with Crippen LogP contribution >= 0.6 is 27.5 Å². The molecule has 3 aromatic heterocycles. The predicted octanol–water partition coefficient (Wildman–Crippen LogP) is 6.46. The summed E-state index contributed by atoms with van der Waals surface area (Å²) in [6.07, 6.45) is 1.70. The molecule has 0 unspecified atom stereocenters.